The molecule has 3 rings (SSSR count). The van der Waals surface area contributed by atoms with Gasteiger partial charge < -0.3 is 20.3 Å². The fourth-order valence-electron chi connectivity index (χ4n) is 2.61. The Bertz CT molecular complexity index is 953. The van der Waals surface area contributed by atoms with Crippen LogP contribution in [0.1, 0.15) is 10.4 Å². The van der Waals surface area contributed by atoms with Crippen LogP contribution in [-0.2, 0) is 4.79 Å². The summed E-state index contributed by atoms with van der Waals surface area (Å²) in [6.07, 6.45) is 0. The first-order valence-electron chi connectivity index (χ1n) is 9.20. The molecule has 0 aliphatic heterocycles. The lowest BCUT2D eigenvalue weighted by Crippen LogP contribution is -2.22. The van der Waals surface area contributed by atoms with Gasteiger partial charge in [-0.15, -0.1) is 0 Å². The molecule has 3 aromatic rings. The van der Waals surface area contributed by atoms with Crippen LogP contribution in [0.15, 0.2) is 78.9 Å². The second kappa shape index (κ2) is 9.41. The quantitative estimate of drug-likeness (QED) is 0.634. The number of nitrogens with zero attached hydrogens (tertiary/aromatic N) is 1. The zero-order valence-electron chi connectivity index (χ0n) is 16.4. The van der Waals surface area contributed by atoms with E-state index in [1.165, 1.54) is 4.90 Å². The van der Waals surface area contributed by atoms with Crippen molar-refractivity contribution in [1.82, 2.24) is 4.90 Å². The van der Waals surface area contributed by atoms with Gasteiger partial charge in [-0.25, -0.2) is 0 Å². The average Bonchev–Trinajstić information content (AvgIpc) is 2.74. The molecule has 3 aromatic carbocycles. The van der Waals surface area contributed by atoms with Crippen LogP contribution in [0.5, 0.6) is 11.5 Å². The molecule has 0 aliphatic carbocycles. The monoisotopic (exact) mass is 389 g/mol. The van der Waals surface area contributed by atoms with Crippen LogP contribution in [0.2, 0.25) is 0 Å². The van der Waals surface area contributed by atoms with E-state index in [-0.39, 0.29) is 18.4 Å². The highest BCUT2D eigenvalue weighted by atomic mass is 16.5. The number of rotatable bonds is 7. The number of anilines is 2. The van der Waals surface area contributed by atoms with E-state index in [1.54, 1.807) is 38.4 Å². The number of nitrogens with one attached hydrogen (secondary N) is 2. The first-order valence-corrected chi connectivity index (χ1v) is 9.20. The predicted molar refractivity (Wildman–Crippen MR) is 115 cm³/mol. The van der Waals surface area contributed by atoms with Gasteiger partial charge in [-0.3, -0.25) is 9.59 Å². The Morgan fingerprint density at radius 1 is 0.793 bits per heavy atom. The van der Waals surface area contributed by atoms with Crippen molar-refractivity contribution in [2.45, 2.75) is 0 Å². The normalized spacial score (nSPS) is 10.1. The third kappa shape index (κ3) is 5.84. The summed E-state index contributed by atoms with van der Waals surface area (Å²) in [5, 5.41) is 5.87. The molecular formula is C23H23N3O3. The molecule has 6 nitrogen and oxygen atoms in total. The Labute approximate surface area is 170 Å². The van der Waals surface area contributed by atoms with Gasteiger partial charge in [0.2, 0.25) is 5.91 Å². The molecule has 148 valence electrons. The van der Waals surface area contributed by atoms with Crippen molar-refractivity contribution in [2.24, 2.45) is 0 Å². The maximum atomic E-state index is 12.1. The Kier molecular flexibility index (Phi) is 6.47. The van der Waals surface area contributed by atoms with Crippen LogP contribution in [0, 0.1) is 0 Å². The van der Waals surface area contributed by atoms with E-state index in [0.29, 0.717) is 11.3 Å². The summed E-state index contributed by atoms with van der Waals surface area (Å²) < 4.78 is 5.75. The zero-order valence-corrected chi connectivity index (χ0v) is 16.4. The highest BCUT2D eigenvalue weighted by Crippen LogP contribution is 2.22. The molecule has 2 amide bonds. The van der Waals surface area contributed by atoms with Gasteiger partial charge >= 0.3 is 0 Å². The van der Waals surface area contributed by atoms with Crippen molar-refractivity contribution in [3.8, 4) is 11.5 Å². The fraction of sp³-hybridized carbons (Fsp3) is 0.130. The Balaban J connectivity index is 1.48. The third-order valence-corrected chi connectivity index (χ3v) is 4.11. The fourth-order valence-corrected chi connectivity index (χ4v) is 2.61. The van der Waals surface area contributed by atoms with Crippen molar-refractivity contribution in [2.75, 3.05) is 31.3 Å². The molecule has 0 atom stereocenters. The topological polar surface area (TPSA) is 70.7 Å². The number of ether oxygens (including phenoxy) is 1. The smallest absolute Gasteiger partial charge is 0.253 e. The summed E-state index contributed by atoms with van der Waals surface area (Å²) in [5.74, 6) is 1.23. The summed E-state index contributed by atoms with van der Waals surface area (Å²) in [4.78, 5) is 25.5. The van der Waals surface area contributed by atoms with Gasteiger partial charge in [0.1, 0.15) is 11.5 Å². The molecule has 0 saturated carbocycles. The number of carbonyl (C=O) groups is 2. The van der Waals surface area contributed by atoms with Gasteiger partial charge in [0, 0.05) is 31.0 Å². The molecule has 0 unspecified atom stereocenters. The average molecular weight is 389 g/mol. The Morgan fingerprint density at radius 3 is 2.00 bits per heavy atom. The third-order valence-electron chi connectivity index (χ3n) is 4.11. The minimum Gasteiger partial charge on any atom is -0.457 e. The van der Waals surface area contributed by atoms with E-state index < -0.39 is 0 Å². The van der Waals surface area contributed by atoms with E-state index in [4.69, 9.17) is 4.74 Å². The van der Waals surface area contributed by atoms with Gasteiger partial charge in [0.05, 0.1) is 6.54 Å². The van der Waals surface area contributed by atoms with E-state index in [1.807, 2.05) is 54.6 Å². The van der Waals surface area contributed by atoms with Gasteiger partial charge in [-0.05, 0) is 60.7 Å². The number of amides is 2. The molecule has 0 aliphatic rings. The predicted octanol–water partition coefficient (Wildman–Crippen LogP) is 4.23. The van der Waals surface area contributed by atoms with Gasteiger partial charge in [0.25, 0.3) is 5.91 Å². The lowest BCUT2D eigenvalue weighted by molar-refractivity contribution is -0.114. The van der Waals surface area contributed by atoms with E-state index in [9.17, 15) is 9.59 Å². The minimum absolute atomic E-state index is 0.0794. The molecule has 2 N–H and O–H groups in total. The summed E-state index contributed by atoms with van der Waals surface area (Å²) in [6, 6.07) is 23.7. The Hall–Kier alpha value is -3.80. The molecule has 0 aromatic heterocycles. The van der Waals surface area contributed by atoms with Gasteiger partial charge in [0.15, 0.2) is 0 Å². The number of benzene rings is 3. The lowest BCUT2D eigenvalue weighted by Gasteiger charge is -2.11. The first-order chi connectivity index (χ1) is 14.0. The van der Waals surface area contributed by atoms with Crippen LogP contribution in [0.3, 0.4) is 0 Å². The van der Waals surface area contributed by atoms with Crippen LogP contribution < -0.4 is 15.4 Å². The van der Waals surface area contributed by atoms with Crippen LogP contribution in [-0.4, -0.2) is 37.4 Å². The van der Waals surface area contributed by atoms with E-state index in [0.717, 1.165) is 17.2 Å². The maximum Gasteiger partial charge on any atom is 0.253 e. The summed E-state index contributed by atoms with van der Waals surface area (Å²) in [7, 11) is 3.40. The highest BCUT2D eigenvalue weighted by Gasteiger charge is 2.08. The number of para-hydroxylation sites is 1. The molecular weight excluding hydrogens is 366 g/mol. The van der Waals surface area contributed by atoms with Crippen molar-refractivity contribution in [3.63, 3.8) is 0 Å². The molecule has 29 heavy (non-hydrogen) atoms. The SMILES string of the molecule is CN(C)C(=O)c1ccc(NC(=O)CNc2ccc(Oc3ccccc3)cc2)cc1. The summed E-state index contributed by atoms with van der Waals surface area (Å²) >= 11 is 0. The molecule has 6 heteroatoms. The van der Waals surface area contributed by atoms with Crippen molar-refractivity contribution >= 4 is 23.2 Å². The molecule has 0 radical (unpaired) electrons. The lowest BCUT2D eigenvalue weighted by atomic mass is 10.2. The number of hydrogen-bond acceptors (Lipinski definition) is 4. The molecule has 0 spiro atoms. The van der Waals surface area contributed by atoms with Crippen LogP contribution >= 0.6 is 0 Å². The Morgan fingerprint density at radius 2 is 1.38 bits per heavy atom. The molecule has 0 bridgehead atoms. The molecule has 0 saturated heterocycles. The van der Waals surface area contributed by atoms with Crippen molar-refractivity contribution in [3.05, 3.63) is 84.4 Å². The molecule has 0 fully saturated rings. The largest absolute Gasteiger partial charge is 0.457 e. The second-order valence-corrected chi connectivity index (χ2v) is 6.62. The van der Waals surface area contributed by atoms with Gasteiger partial charge in [-0.2, -0.15) is 0 Å². The first kappa shape index (κ1) is 19.9. The van der Waals surface area contributed by atoms with Crippen LogP contribution in [0.4, 0.5) is 11.4 Å². The minimum atomic E-state index is -0.179. The molecule has 0 heterocycles. The zero-order chi connectivity index (χ0) is 20.6. The van der Waals surface area contributed by atoms with Gasteiger partial charge in [-0.1, -0.05) is 18.2 Å². The van der Waals surface area contributed by atoms with Crippen LogP contribution in [0.25, 0.3) is 0 Å². The van der Waals surface area contributed by atoms with Crippen molar-refractivity contribution in [1.29, 1.82) is 0 Å². The number of carbonyl (C=O) groups excluding carboxylic acids is 2. The highest BCUT2D eigenvalue weighted by molar-refractivity contribution is 5.96. The summed E-state index contributed by atoms with van der Waals surface area (Å²) in [5.41, 5.74) is 2.02. The number of hydrogen-bond donors (Lipinski definition) is 2. The maximum absolute atomic E-state index is 12.1. The van der Waals surface area contributed by atoms with E-state index in [2.05, 4.69) is 10.6 Å². The van der Waals surface area contributed by atoms with Crippen molar-refractivity contribution < 1.29 is 14.3 Å². The summed E-state index contributed by atoms with van der Waals surface area (Å²) in [6.45, 7) is 0.122. The standard InChI is InChI=1S/C23H23N3O3/c1-26(2)23(28)17-8-10-19(11-9-17)25-22(27)16-24-18-12-14-21(15-13-18)29-20-6-4-3-5-7-20/h3-15,24H,16H2,1-2H3,(H,25,27). The van der Waals surface area contributed by atoms with E-state index >= 15 is 0 Å². The second-order valence-electron chi connectivity index (χ2n) is 6.62.